The number of hydrazone groups is 1. The number of carbonyl (C=O) groups is 3. The maximum atomic E-state index is 12.3. The molecule has 0 fully saturated rings. The molecule has 0 bridgehead atoms. The molecule has 174 valence electrons. The van der Waals surface area contributed by atoms with Gasteiger partial charge in [-0.05, 0) is 55.3 Å². The monoisotopic (exact) mass is 478 g/mol. The van der Waals surface area contributed by atoms with Crippen molar-refractivity contribution in [2.24, 2.45) is 5.10 Å². The Kier molecular flexibility index (Phi) is 8.37. The van der Waals surface area contributed by atoms with Gasteiger partial charge in [0.15, 0.2) is 6.61 Å². The normalized spacial score (nSPS) is 10.6. The first-order chi connectivity index (χ1) is 16.3. The van der Waals surface area contributed by atoms with Gasteiger partial charge in [-0.1, -0.05) is 48.0 Å². The van der Waals surface area contributed by atoms with Crippen molar-refractivity contribution in [3.05, 3.63) is 88.4 Å². The number of aryl methyl sites for hydroxylation is 2. The third kappa shape index (κ3) is 6.91. The fourth-order valence-corrected chi connectivity index (χ4v) is 3.05. The number of halogens is 1. The van der Waals surface area contributed by atoms with Crippen molar-refractivity contribution in [3.63, 3.8) is 0 Å². The third-order valence-electron chi connectivity index (χ3n) is 4.72. The van der Waals surface area contributed by atoms with Crippen molar-refractivity contribution in [1.29, 1.82) is 0 Å². The van der Waals surface area contributed by atoms with Crippen LogP contribution in [0.5, 0.6) is 5.75 Å². The van der Waals surface area contributed by atoms with Crippen molar-refractivity contribution in [2.45, 2.75) is 13.8 Å². The summed E-state index contributed by atoms with van der Waals surface area (Å²) in [5, 5.41) is 9.61. The van der Waals surface area contributed by atoms with Crippen LogP contribution in [0.1, 0.15) is 16.7 Å². The number of carbonyl (C=O) groups excluding carboxylic acids is 3. The zero-order valence-corrected chi connectivity index (χ0v) is 19.3. The van der Waals surface area contributed by atoms with E-state index in [0.29, 0.717) is 27.7 Å². The standard InChI is InChI=1S/C25H23ClN4O4/c1-16-7-3-5-9-20(16)29-24(32)25(33)30-27-14-18-8-4-6-10-22(18)34-15-23(31)28-21-13-19(26)12-11-17(21)2/h3-14H,15H2,1-2H3,(H,28,31)(H,29,32)(H,30,33)/b27-14-. The molecule has 34 heavy (non-hydrogen) atoms. The number of nitrogens with zero attached hydrogens (tertiary/aromatic N) is 1. The van der Waals surface area contributed by atoms with E-state index in [0.717, 1.165) is 11.1 Å². The van der Waals surface area contributed by atoms with Crippen LogP contribution >= 0.6 is 11.6 Å². The number of nitrogens with one attached hydrogen (secondary N) is 3. The Balaban J connectivity index is 1.55. The molecule has 0 aliphatic rings. The predicted octanol–water partition coefficient (Wildman–Crippen LogP) is 4.06. The molecule has 3 rings (SSSR count). The molecular formula is C25H23ClN4O4. The Morgan fingerprint density at radius 3 is 2.38 bits per heavy atom. The summed E-state index contributed by atoms with van der Waals surface area (Å²) in [7, 11) is 0. The van der Waals surface area contributed by atoms with Crippen molar-refractivity contribution in [1.82, 2.24) is 5.43 Å². The average molecular weight is 479 g/mol. The molecule has 0 heterocycles. The fraction of sp³-hybridized carbons (Fsp3) is 0.120. The van der Waals surface area contributed by atoms with Gasteiger partial charge in [0, 0.05) is 22.0 Å². The number of amides is 3. The number of para-hydroxylation sites is 2. The molecule has 0 saturated carbocycles. The minimum atomic E-state index is -0.922. The molecule has 3 amide bonds. The molecule has 9 heteroatoms. The van der Waals surface area contributed by atoms with Gasteiger partial charge < -0.3 is 15.4 Å². The van der Waals surface area contributed by atoms with Crippen LogP contribution in [-0.4, -0.2) is 30.5 Å². The lowest BCUT2D eigenvalue weighted by Crippen LogP contribution is -2.32. The molecule has 0 aliphatic heterocycles. The lowest BCUT2D eigenvalue weighted by molar-refractivity contribution is -0.136. The molecule has 3 aromatic carbocycles. The average Bonchev–Trinajstić information content (AvgIpc) is 2.82. The first kappa shape index (κ1) is 24.5. The molecule has 0 radical (unpaired) electrons. The van der Waals surface area contributed by atoms with E-state index in [-0.39, 0.29) is 12.5 Å². The highest BCUT2D eigenvalue weighted by Gasteiger charge is 2.14. The Labute approximate surface area is 202 Å². The molecule has 0 aromatic heterocycles. The van der Waals surface area contributed by atoms with Gasteiger partial charge in [-0.3, -0.25) is 14.4 Å². The van der Waals surface area contributed by atoms with Crippen LogP contribution in [0.3, 0.4) is 0 Å². The minimum Gasteiger partial charge on any atom is -0.483 e. The van der Waals surface area contributed by atoms with E-state index in [4.69, 9.17) is 16.3 Å². The second kappa shape index (κ2) is 11.6. The summed E-state index contributed by atoms with van der Waals surface area (Å²) >= 11 is 5.98. The number of benzene rings is 3. The predicted molar refractivity (Wildman–Crippen MR) is 132 cm³/mol. The van der Waals surface area contributed by atoms with Crippen LogP contribution in [-0.2, 0) is 14.4 Å². The Morgan fingerprint density at radius 2 is 1.59 bits per heavy atom. The first-order valence-corrected chi connectivity index (χ1v) is 10.7. The highest BCUT2D eigenvalue weighted by molar-refractivity contribution is 6.39. The van der Waals surface area contributed by atoms with Crippen molar-refractivity contribution in [2.75, 3.05) is 17.2 Å². The second-order valence-electron chi connectivity index (χ2n) is 7.30. The van der Waals surface area contributed by atoms with Crippen LogP contribution in [0.15, 0.2) is 71.8 Å². The Morgan fingerprint density at radius 1 is 0.882 bits per heavy atom. The SMILES string of the molecule is Cc1ccc(Cl)cc1NC(=O)COc1ccccc1/C=N\NC(=O)C(=O)Nc1ccccc1C. The molecule has 0 spiro atoms. The van der Waals surface area contributed by atoms with Gasteiger partial charge in [0.05, 0.1) is 6.21 Å². The highest BCUT2D eigenvalue weighted by atomic mass is 35.5. The maximum Gasteiger partial charge on any atom is 0.329 e. The first-order valence-electron chi connectivity index (χ1n) is 10.3. The molecule has 3 aromatic rings. The Hall–Kier alpha value is -4.17. The lowest BCUT2D eigenvalue weighted by atomic mass is 10.2. The van der Waals surface area contributed by atoms with E-state index in [1.54, 1.807) is 54.6 Å². The van der Waals surface area contributed by atoms with Gasteiger partial charge in [-0.15, -0.1) is 0 Å². The third-order valence-corrected chi connectivity index (χ3v) is 4.96. The van der Waals surface area contributed by atoms with Gasteiger partial charge >= 0.3 is 11.8 Å². The summed E-state index contributed by atoms with van der Waals surface area (Å²) in [5.74, 6) is -1.75. The van der Waals surface area contributed by atoms with Crippen molar-refractivity contribution >= 4 is 46.9 Å². The van der Waals surface area contributed by atoms with E-state index in [1.165, 1.54) is 6.21 Å². The van der Waals surface area contributed by atoms with E-state index >= 15 is 0 Å². The summed E-state index contributed by atoms with van der Waals surface area (Å²) in [6.45, 7) is 3.43. The van der Waals surface area contributed by atoms with Gasteiger partial charge in [0.1, 0.15) is 5.75 Å². The van der Waals surface area contributed by atoms with Crippen LogP contribution in [0, 0.1) is 13.8 Å². The molecular weight excluding hydrogens is 456 g/mol. The maximum absolute atomic E-state index is 12.3. The van der Waals surface area contributed by atoms with Gasteiger partial charge in [0.2, 0.25) is 0 Å². The van der Waals surface area contributed by atoms with E-state index in [1.807, 2.05) is 26.0 Å². The van der Waals surface area contributed by atoms with Crippen LogP contribution in [0.4, 0.5) is 11.4 Å². The summed E-state index contributed by atoms with van der Waals surface area (Å²) in [4.78, 5) is 36.4. The van der Waals surface area contributed by atoms with Crippen LogP contribution < -0.4 is 20.8 Å². The van der Waals surface area contributed by atoms with Crippen LogP contribution in [0.25, 0.3) is 0 Å². The lowest BCUT2D eigenvalue weighted by Gasteiger charge is -2.11. The highest BCUT2D eigenvalue weighted by Crippen LogP contribution is 2.20. The van der Waals surface area contributed by atoms with Gasteiger partial charge in [-0.25, -0.2) is 5.43 Å². The summed E-state index contributed by atoms with van der Waals surface area (Å²) in [5.41, 5.74) is 5.52. The molecule has 0 aliphatic carbocycles. The molecule has 8 nitrogen and oxygen atoms in total. The van der Waals surface area contributed by atoms with Crippen molar-refractivity contribution in [3.8, 4) is 5.75 Å². The zero-order chi connectivity index (χ0) is 24.5. The fourth-order valence-electron chi connectivity index (χ4n) is 2.88. The van der Waals surface area contributed by atoms with Gasteiger partial charge in [-0.2, -0.15) is 5.10 Å². The smallest absolute Gasteiger partial charge is 0.329 e. The summed E-state index contributed by atoms with van der Waals surface area (Å²) < 4.78 is 5.61. The minimum absolute atomic E-state index is 0.248. The van der Waals surface area contributed by atoms with E-state index in [2.05, 4.69) is 21.2 Å². The summed E-state index contributed by atoms with van der Waals surface area (Å²) in [6.07, 6.45) is 1.33. The number of rotatable bonds is 7. The second-order valence-corrected chi connectivity index (χ2v) is 7.74. The van der Waals surface area contributed by atoms with E-state index < -0.39 is 11.8 Å². The molecule has 0 unspecified atom stereocenters. The van der Waals surface area contributed by atoms with Crippen molar-refractivity contribution < 1.29 is 19.1 Å². The number of hydrogen-bond donors (Lipinski definition) is 3. The molecule has 0 atom stereocenters. The quantitative estimate of drug-likeness (QED) is 0.270. The zero-order valence-electron chi connectivity index (χ0n) is 18.6. The van der Waals surface area contributed by atoms with Crippen LogP contribution in [0.2, 0.25) is 5.02 Å². The Bertz CT molecular complexity index is 1240. The number of hydrogen-bond acceptors (Lipinski definition) is 5. The van der Waals surface area contributed by atoms with Gasteiger partial charge in [0.25, 0.3) is 5.91 Å². The topological polar surface area (TPSA) is 109 Å². The molecule has 0 saturated heterocycles. The summed E-state index contributed by atoms with van der Waals surface area (Å²) in [6, 6.07) is 19.1. The number of anilines is 2. The number of ether oxygens (including phenoxy) is 1. The van der Waals surface area contributed by atoms with E-state index in [9.17, 15) is 14.4 Å². The molecule has 3 N–H and O–H groups in total. The largest absolute Gasteiger partial charge is 0.483 e.